The highest BCUT2D eigenvalue weighted by Gasteiger charge is 2.28. The van der Waals surface area contributed by atoms with Gasteiger partial charge in [0.2, 0.25) is 5.91 Å². The van der Waals surface area contributed by atoms with Crippen LogP contribution >= 0.6 is 11.3 Å². The van der Waals surface area contributed by atoms with E-state index in [1.165, 1.54) is 11.3 Å². The van der Waals surface area contributed by atoms with Crippen molar-refractivity contribution in [1.29, 1.82) is 0 Å². The van der Waals surface area contributed by atoms with Crippen molar-refractivity contribution >= 4 is 29.2 Å². The van der Waals surface area contributed by atoms with E-state index in [2.05, 4.69) is 16.0 Å². The number of hydrogen-bond acceptors (Lipinski definition) is 5. The molecule has 1 fully saturated rings. The largest absolute Gasteiger partial charge is 0.349 e. The van der Waals surface area contributed by atoms with Crippen molar-refractivity contribution in [1.82, 2.24) is 20.9 Å². The molecule has 1 aromatic carbocycles. The highest BCUT2D eigenvalue weighted by atomic mass is 32.1. The van der Waals surface area contributed by atoms with E-state index < -0.39 is 12.1 Å². The van der Waals surface area contributed by atoms with Crippen LogP contribution in [0, 0.1) is 6.92 Å². The summed E-state index contributed by atoms with van der Waals surface area (Å²) in [7, 11) is 0. The molecule has 3 rings (SSSR count). The number of imide groups is 1. The van der Waals surface area contributed by atoms with E-state index in [4.69, 9.17) is 0 Å². The maximum atomic E-state index is 12.4. The number of aryl methyl sites for hydroxylation is 1. The Morgan fingerprint density at radius 1 is 1.10 bits per heavy atom. The second-order valence-corrected chi connectivity index (χ2v) is 8.82. The summed E-state index contributed by atoms with van der Waals surface area (Å²) in [5, 5.41) is 8.19. The number of benzene rings is 1. The molecule has 3 N–H and O–H groups in total. The quantitative estimate of drug-likeness (QED) is 0.660. The van der Waals surface area contributed by atoms with Gasteiger partial charge in [-0.05, 0) is 44.4 Å². The lowest BCUT2D eigenvalue weighted by Gasteiger charge is -2.35. The standard InChI is InChI=1S/C22H28N4O3S/c1-15-8-9-19(30-15)21(28)24-18-10-12-26(13-11-18)16(2)20(27)25-22(29)23-14-17-6-4-3-5-7-17/h3-9,16,18H,10-14H2,1-2H3,(H,24,28)(H2,23,25,27,29). The number of amides is 4. The van der Waals surface area contributed by atoms with Crippen molar-refractivity contribution in [2.75, 3.05) is 13.1 Å². The third kappa shape index (κ3) is 6.14. The zero-order valence-corrected chi connectivity index (χ0v) is 18.1. The molecule has 2 aromatic rings. The normalized spacial score (nSPS) is 15.9. The predicted molar refractivity (Wildman–Crippen MR) is 117 cm³/mol. The third-order valence-electron chi connectivity index (χ3n) is 5.29. The Balaban J connectivity index is 1.39. The molecule has 1 aliphatic rings. The topological polar surface area (TPSA) is 90.5 Å². The van der Waals surface area contributed by atoms with Crippen LogP contribution in [0.15, 0.2) is 42.5 Å². The number of nitrogens with zero attached hydrogens (tertiary/aromatic N) is 1. The van der Waals surface area contributed by atoms with Crippen molar-refractivity contribution < 1.29 is 14.4 Å². The number of urea groups is 1. The van der Waals surface area contributed by atoms with Crippen LogP contribution in [-0.2, 0) is 11.3 Å². The molecule has 0 saturated carbocycles. The summed E-state index contributed by atoms with van der Waals surface area (Å²) < 4.78 is 0. The maximum absolute atomic E-state index is 12.4. The van der Waals surface area contributed by atoms with Crippen LogP contribution in [0.3, 0.4) is 0 Å². The van der Waals surface area contributed by atoms with Crippen LogP contribution in [0.4, 0.5) is 4.79 Å². The predicted octanol–water partition coefficient (Wildman–Crippen LogP) is 2.67. The first-order chi connectivity index (χ1) is 14.4. The Hall–Kier alpha value is -2.71. The summed E-state index contributed by atoms with van der Waals surface area (Å²) in [6.07, 6.45) is 1.54. The van der Waals surface area contributed by atoms with Gasteiger partial charge in [0.15, 0.2) is 0 Å². The lowest BCUT2D eigenvalue weighted by molar-refractivity contribution is -0.125. The Morgan fingerprint density at radius 3 is 2.43 bits per heavy atom. The Kier molecular flexibility index (Phi) is 7.59. The highest BCUT2D eigenvalue weighted by Crippen LogP contribution is 2.17. The number of rotatable bonds is 6. The first kappa shape index (κ1) is 22.0. The van der Waals surface area contributed by atoms with Crippen molar-refractivity contribution in [2.45, 2.75) is 45.3 Å². The van der Waals surface area contributed by atoms with E-state index in [1.807, 2.05) is 54.3 Å². The van der Waals surface area contributed by atoms with Gasteiger partial charge >= 0.3 is 6.03 Å². The molecule has 2 heterocycles. The monoisotopic (exact) mass is 428 g/mol. The van der Waals surface area contributed by atoms with Crippen molar-refractivity contribution in [3.05, 3.63) is 57.8 Å². The molecule has 1 aliphatic heterocycles. The van der Waals surface area contributed by atoms with Crippen LogP contribution in [-0.4, -0.2) is 47.9 Å². The molecule has 4 amide bonds. The van der Waals surface area contributed by atoms with E-state index >= 15 is 0 Å². The van der Waals surface area contributed by atoms with Gasteiger partial charge < -0.3 is 10.6 Å². The summed E-state index contributed by atoms with van der Waals surface area (Å²) in [5.74, 6) is -0.357. The van der Waals surface area contributed by atoms with Crippen LogP contribution in [0.25, 0.3) is 0 Å². The zero-order valence-electron chi connectivity index (χ0n) is 17.3. The Labute approximate surface area is 180 Å². The molecule has 30 heavy (non-hydrogen) atoms. The van der Waals surface area contributed by atoms with Crippen LogP contribution in [0.1, 0.15) is 39.9 Å². The lowest BCUT2D eigenvalue weighted by atomic mass is 10.0. The van der Waals surface area contributed by atoms with Crippen LogP contribution in [0.5, 0.6) is 0 Å². The number of likely N-dealkylation sites (tertiary alicyclic amines) is 1. The van der Waals surface area contributed by atoms with Gasteiger partial charge in [0.25, 0.3) is 5.91 Å². The van der Waals surface area contributed by atoms with Gasteiger partial charge in [-0.15, -0.1) is 11.3 Å². The highest BCUT2D eigenvalue weighted by molar-refractivity contribution is 7.13. The van der Waals surface area contributed by atoms with Gasteiger partial charge in [0, 0.05) is 30.6 Å². The summed E-state index contributed by atoms with van der Waals surface area (Å²) in [5.41, 5.74) is 0.968. The van der Waals surface area contributed by atoms with Gasteiger partial charge in [0.05, 0.1) is 10.9 Å². The third-order valence-corrected chi connectivity index (χ3v) is 6.29. The van der Waals surface area contributed by atoms with E-state index in [-0.39, 0.29) is 17.9 Å². The summed E-state index contributed by atoms with van der Waals surface area (Å²) in [6.45, 7) is 5.52. The van der Waals surface area contributed by atoms with Crippen molar-refractivity contribution in [3.8, 4) is 0 Å². The van der Waals surface area contributed by atoms with Gasteiger partial charge in [-0.2, -0.15) is 0 Å². The SMILES string of the molecule is Cc1ccc(C(=O)NC2CCN(C(C)C(=O)NC(=O)NCc3ccccc3)CC2)s1. The number of carbonyl (C=O) groups is 3. The summed E-state index contributed by atoms with van der Waals surface area (Å²) >= 11 is 1.49. The number of thiophene rings is 1. The summed E-state index contributed by atoms with van der Waals surface area (Å²) in [4.78, 5) is 40.6. The molecule has 0 bridgehead atoms. The molecular weight excluding hydrogens is 400 g/mol. The first-order valence-corrected chi connectivity index (χ1v) is 11.0. The first-order valence-electron chi connectivity index (χ1n) is 10.2. The Morgan fingerprint density at radius 2 is 1.80 bits per heavy atom. The average molecular weight is 429 g/mol. The number of hydrogen-bond donors (Lipinski definition) is 3. The maximum Gasteiger partial charge on any atom is 0.321 e. The lowest BCUT2D eigenvalue weighted by Crippen LogP contribution is -2.53. The van der Waals surface area contributed by atoms with Gasteiger partial charge in [-0.1, -0.05) is 30.3 Å². The van der Waals surface area contributed by atoms with Crippen LogP contribution in [0.2, 0.25) is 0 Å². The Bertz CT molecular complexity index is 876. The van der Waals surface area contributed by atoms with E-state index in [1.54, 1.807) is 6.92 Å². The zero-order chi connectivity index (χ0) is 21.5. The molecule has 0 aliphatic carbocycles. The van der Waals surface area contributed by atoms with Crippen molar-refractivity contribution in [2.24, 2.45) is 0 Å². The molecular formula is C22H28N4O3S. The molecule has 160 valence electrons. The van der Waals surface area contributed by atoms with E-state index in [9.17, 15) is 14.4 Å². The fourth-order valence-corrected chi connectivity index (χ4v) is 4.22. The van der Waals surface area contributed by atoms with Crippen LogP contribution < -0.4 is 16.0 Å². The molecule has 7 nitrogen and oxygen atoms in total. The minimum absolute atomic E-state index is 0.0348. The second kappa shape index (κ2) is 10.4. The fourth-order valence-electron chi connectivity index (χ4n) is 3.45. The molecule has 0 spiro atoms. The van der Waals surface area contributed by atoms with Gasteiger partial charge in [-0.25, -0.2) is 4.79 Å². The second-order valence-electron chi connectivity index (χ2n) is 7.53. The minimum atomic E-state index is -0.496. The summed E-state index contributed by atoms with van der Waals surface area (Å²) in [6, 6.07) is 12.5. The number of carbonyl (C=O) groups excluding carboxylic acids is 3. The fraction of sp³-hybridized carbons (Fsp3) is 0.409. The van der Waals surface area contributed by atoms with Gasteiger partial charge in [-0.3, -0.25) is 19.8 Å². The molecule has 1 unspecified atom stereocenters. The molecule has 0 radical (unpaired) electrons. The average Bonchev–Trinajstić information content (AvgIpc) is 3.19. The van der Waals surface area contributed by atoms with E-state index in [0.29, 0.717) is 19.6 Å². The minimum Gasteiger partial charge on any atom is -0.349 e. The van der Waals surface area contributed by atoms with Gasteiger partial charge in [0.1, 0.15) is 0 Å². The van der Waals surface area contributed by atoms with E-state index in [0.717, 1.165) is 28.2 Å². The smallest absolute Gasteiger partial charge is 0.321 e. The molecule has 1 atom stereocenters. The molecule has 1 aromatic heterocycles. The van der Waals surface area contributed by atoms with Crippen molar-refractivity contribution in [3.63, 3.8) is 0 Å². The molecule has 8 heteroatoms. The molecule has 1 saturated heterocycles. The number of nitrogens with one attached hydrogen (secondary N) is 3. The number of piperidine rings is 1.